The van der Waals surface area contributed by atoms with Crippen molar-refractivity contribution in [3.8, 4) is 89.9 Å². The second-order valence-corrected chi connectivity index (χ2v) is 15.5. The number of fused-ring (bicyclic) bond motifs is 3. The van der Waals surface area contributed by atoms with Gasteiger partial charge in [-0.05, 0) is 102 Å². The van der Waals surface area contributed by atoms with E-state index < -0.39 is 0 Å². The lowest BCUT2D eigenvalue weighted by molar-refractivity contribution is 1.07. The van der Waals surface area contributed by atoms with Crippen LogP contribution in [0.3, 0.4) is 0 Å². The van der Waals surface area contributed by atoms with Gasteiger partial charge in [0.2, 0.25) is 0 Å². The van der Waals surface area contributed by atoms with E-state index >= 15 is 0 Å². The SMILES string of the molecule is c1ccc(-c2ccc(-c3nc(-c4ccc(-c5ccccc5)cc4)nc(-c4cc(-c5ccnc(-c6ccccc6)c5)cc(-c5cc6ccccc6c6ccccc56)c4)n3)cc2)cc1. The molecule has 0 saturated carbocycles. The molecule has 0 aliphatic heterocycles. The average Bonchev–Trinajstić information content (AvgIpc) is 3.37. The number of aromatic nitrogens is 4. The van der Waals surface area contributed by atoms with Crippen LogP contribution in [0.5, 0.6) is 0 Å². The third kappa shape index (κ3) is 7.20. The third-order valence-electron chi connectivity index (χ3n) is 11.6. The lowest BCUT2D eigenvalue weighted by Gasteiger charge is -2.15. The third-order valence-corrected chi connectivity index (χ3v) is 11.6. The molecule has 0 N–H and O–H groups in total. The van der Waals surface area contributed by atoms with E-state index in [4.69, 9.17) is 19.9 Å². The van der Waals surface area contributed by atoms with E-state index in [-0.39, 0.29) is 0 Å². The van der Waals surface area contributed by atoms with E-state index in [1.54, 1.807) is 0 Å². The van der Waals surface area contributed by atoms with Crippen molar-refractivity contribution in [1.82, 2.24) is 19.9 Å². The molecule has 0 spiro atoms. The van der Waals surface area contributed by atoms with E-state index in [2.05, 4.69) is 194 Å². The van der Waals surface area contributed by atoms with E-state index in [1.165, 1.54) is 21.5 Å². The summed E-state index contributed by atoms with van der Waals surface area (Å²) in [5, 5.41) is 4.81. The maximum Gasteiger partial charge on any atom is 0.164 e. The Balaban J connectivity index is 1.12. The minimum atomic E-state index is 0.592. The molecule has 11 aromatic rings. The van der Waals surface area contributed by atoms with Gasteiger partial charge in [-0.2, -0.15) is 0 Å². The second-order valence-electron chi connectivity index (χ2n) is 15.5. The normalized spacial score (nSPS) is 11.2. The van der Waals surface area contributed by atoms with Gasteiger partial charge in [-0.1, -0.05) is 188 Å². The molecule has 0 aliphatic carbocycles. The molecule has 0 aliphatic rings. The number of benzene rings is 9. The summed E-state index contributed by atoms with van der Waals surface area (Å²) >= 11 is 0. The van der Waals surface area contributed by atoms with Crippen LogP contribution in [0.1, 0.15) is 0 Å². The van der Waals surface area contributed by atoms with E-state index in [1.807, 2.05) is 36.5 Å². The Bertz CT molecular complexity index is 3260. The molecule has 2 aromatic heterocycles. The zero-order valence-corrected chi connectivity index (χ0v) is 33.7. The van der Waals surface area contributed by atoms with Gasteiger partial charge in [0.1, 0.15) is 0 Å². The largest absolute Gasteiger partial charge is 0.256 e. The molecule has 9 aromatic carbocycles. The molecule has 0 bridgehead atoms. The number of pyridine rings is 1. The van der Waals surface area contributed by atoms with Crippen LogP contribution in [0.2, 0.25) is 0 Å². The molecule has 0 atom stereocenters. The first kappa shape index (κ1) is 36.7. The highest BCUT2D eigenvalue weighted by Crippen LogP contribution is 2.40. The molecule has 0 unspecified atom stereocenters. The number of nitrogens with zero attached hydrogens (tertiary/aromatic N) is 4. The van der Waals surface area contributed by atoms with E-state index in [9.17, 15) is 0 Å². The summed E-state index contributed by atoms with van der Waals surface area (Å²) in [6.07, 6.45) is 1.90. The van der Waals surface area contributed by atoms with Gasteiger partial charge in [0.25, 0.3) is 0 Å². The van der Waals surface area contributed by atoms with Crippen LogP contribution in [0.25, 0.3) is 111 Å². The molecule has 0 amide bonds. The van der Waals surface area contributed by atoms with E-state index in [0.29, 0.717) is 17.5 Å². The molecule has 4 heteroatoms. The summed E-state index contributed by atoms with van der Waals surface area (Å²) in [6.45, 7) is 0. The molecule has 0 saturated heterocycles. The van der Waals surface area contributed by atoms with Crippen LogP contribution < -0.4 is 0 Å². The van der Waals surface area contributed by atoms with Crippen LogP contribution in [-0.2, 0) is 0 Å². The highest BCUT2D eigenvalue weighted by atomic mass is 15.0. The van der Waals surface area contributed by atoms with Gasteiger partial charge < -0.3 is 0 Å². The quantitative estimate of drug-likeness (QED) is 0.144. The van der Waals surface area contributed by atoms with Gasteiger partial charge in [-0.25, -0.2) is 15.0 Å². The lowest BCUT2D eigenvalue weighted by atomic mass is 9.90. The minimum Gasteiger partial charge on any atom is -0.256 e. The first-order chi connectivity index (χ1) is 30.7. The van der Waals surface area contributed by atoms with Gasteiger partial charge in [-0.3, -0.25) is 4.98 Å². The number of hydrogen-bond acceptors (Lipinski definition) is 4. The molecular weight excluding hydrogens is 753 g/mol. The Morgan fingerprint density at radius 3 is 1.27 bits per heavy atom. The Kier molecular flexibility index (Phi) is 9.49. The Hall–Kier alpha value is -8.34. The number of hydrogen-bond donors (Lipinski definition) is 0. The van der Waals surface area contributed by atoms with Gasteiger partial charge in [0.05, 0.1) is 5.69 Å². The highest BCUT2D eigenvalue weighted by Gasteiger charge is 2.17. The smallest absolute Gasteiger partial charge is 0.164 e. The van der Waals surface area contributed by atoms with Crippen molar-refractivity contribution >= 4 is 21.5 Å². The predicted octanol–water partition coefficient (Wildman–Crippen LogP) is 14.9. The Morgan fingerprint density at radius 2 is 0.677 bits per heavy atom. The molecule has 4 nitrogen and oxygen atoms in total. The summed E-state index contributed by atoms with van der Waals surface area (Å²) in [5.74, 6) is 1.81. The summed E-state index contributed by atoms with van der Waals surface area (Å²) in [6, 6.07) is 78.8. The van der Waals surface area contributed by atoms with Gasteiger partial charge in [-0.15, -0.1) is 0 Å². The Labute approximate surface area is 360 Å². The van der Waals surface area contributed by atoms with Gasteiger partial charge in [0, 0.05) is 28.5 Å². The van der Waals surface area contributed by atoms with Crippen LogP contribution in [0, 0.1) is 0 Å². The van der Waals surface area contributed by atoms with Crippen molar-refractivity contribution in [2.24, 2.45) is 0 Å². The standard InChI is InChI=1S/C58H38N4/c1-4-14-39(15-5-1)41-24-28-44(29-25-41)56-60-57(45-30-26-42(27-31-45)40-16-6-2-7-17-40)62-58(61-56)50-35-48(46-32-33-59-55(38-46)43-18-8-3-9-19-43)34-49(36-50)54-37-47-20-10-11-21-51(47)52-22-12-13-23-53(52)54/h1-38H. The fourth-order valence-corrected chi connectivity index (χ4v) is 8.40. The van der Waals surface area contributed by atoms with Crippen LogP contribution in [-0.4, -0.2) is 19.9 Å². The molecule has 2 heterocycles. The van der Waals surface area contributed by atoms with Crippen molar-refractivity contribution in [2.75, 3.05) is 0 Å². The molecular formula is C58H38N4. The second kappa shape index (κ2) is 16.0. The Morgan fingerprint density at radius 1 is 0.242 bits per heavy atom. The topological polar surface area (TPSA) is 51.6 Å². The average molecular weight is 791 g/mol. The zero-order valence-electron chi connectivity index (χ0n) is 33.7. The van der Waals surface area contributed by atoms with Crippen molar-refractivity contribution < 1.29 is 0 Å². The first-order valence-electron chi connectivity index (χ1n) is 20.9. The highest BCUT2D eigenvalue weighted by molar-refractivity contribution is 6.14. The fraction of sp³-hybridized carbons (Fsp3) is 0. The molecule has 0 radical (unpaired) electrons. The molecule has 0 fully saturated rings. The van der Waals surface area contributed by atoms with Gasteiger partial charge >= 0.3 is 0 Å². The van der Waals surface area contributed by atoms with Crippen molar-refractivity contribution in [3.05, 3.63) is 231 Å². The first-order valence-corrected chi connectivity index (χ1v) is 20.9. The maximum absolute atomic E-state index is 5.28. The lowest BCUT2D eigenvalue weighted by Crippen LogP contribution is -2.01. The zero-order chi connectivity index (χ0) is 41.2. The van der Waals surface area contributed by atoms with Crippen LogP contribution in [0.4, 0.5) is 0 Å². The number of rotatable bonds is 8. The van der Waals surface area contributed by atoms with Crippen LogP contribution in [0.15, 0.2) is 231 Å². The monoisotopic (exact) mass is 790 g/mol. The minimum absolute atomic E-state index is 0.592. The van der Waals surface area contributed by atoms with Crippen molar-refractivity contribution in [3.63, 3.8) is 0 Å². The summed E-state index contributed by atoms with van der Waals surface area (Å²) in [7, 11) is 0. The summed E-state index contributed by atoms with van der Waals surface area (Å²) < 4.78 is 0. The molecule has 11 rings (SSSR count). The molecule has 290 valence electrons. The van der Waals surface area contributed by atoms with Gasteiger partial charge in [0.15, 0.2) is 17.5 Å². The fourth-order valence-electron chi connectivity index (χ4n) is 8.40. The summed E-state index contributed by atoms with van der Waals surface area (Å²) in [5.41, 5.74) is 13.6. The van der Waals surface area contributed by atoms with Crippen molar-refractivity contribution in [1.29, 1.82) is 0 Å². The van der Waals surface area contributed by atoms with Crippen molar-refractivity contribution in [2.45, 2.75) is 0 Å². The predicted molar refractivity (Wildman–Crippen MR) is 256 cm³/mol. The summed E-state index contributed by atoms with van der Waals surface area (Å²) in [4.78, 5) is 20.5. The van der Waals surface area contributed by atoms with Crippen LogP contribution >= 0.6 is 0 Å². The van der Waals surface area contributed by atoms with E-state index in [0.717, 1.165) is 72.5 Å². The molecule has 62 heavy (non-hydrogen) atoms. The maximum atomic E-state index is 5.28.